The summed E-state index contributed by atoms with van der Waals surface area (Å²) >= 11 is 0.616. The van der Waals surface area contributed by atoms with Crippen LogP contribution < -0.4 is 15.2 Å². The molecule has 198 valence electrons. The molecule has 4 aromatic rings. The Morgan fingerprint density at radius 2 is 1.74 bits per heavy atom. The van der Waals surface area contributed by atoms with E-state index in [1.54, 1.807) is 30.3 Å². The first-order valence-electron chi connectivity index (χ1n) is 11.5. The van der Waals surface area contributed by atoms with E-state index in [0.717, 1.165) is 5.56 Å². The van der Waals surface area contributed by atoms with Crippen LogP contribution in [-0.4, -0.2) is 17.0 Å². The molecule has 4 rings (SSSR count). The normalized spacial score (nSPS) is 11.3. The third kappa shape index (κ3) is 6.61. The highest BCUT2D eigenvalue weighted by atomic mass is 32.2. The monoisotopic (exact) mass is 545 g/mol. The van der Waals surface area contributed by atoms with Gasteiger partial charge in [-0.05, 0) is 55.1 Å². The van der Waals surface area contributed by atoms with Crippen molar-refractivity contribution in [3.63, 3.8) is 0 Å². The maximum atomic E-state index is 11.0. The number of aromatic hydroxyl groups is 1. The quantitative estimate of drug-likeness (QED) is 0.0451. The number of nitrogens with zero attached hydrogens (tertiary/aromatic N) is 4. The van der Waals surface area contributed by atoms with E-state index in [1.807, 2.05) is 38.1 Å². The fourth-order valence-electron chi connectivity index (χ4n) is 3.59. The van der Waals surface area contributed by atoms with Gasteiger partial charge in [0.25, 0.3) is 0 Å². The summed E-state index contributed by atoms with van der Waals surface area (Å²) < 4.78 is 15.7. The molecular formula is C27H23N5O6S. The van der Waals surface area contributed by atoms with Crippen LogP contribution in [0.15, 0.2) is 86.0 Å². The van der Waals surface area contributed by atoms with Crippen LogP contribution in [0.25, 0.3) is 10.8 Å². The van der Waals surface area contributed by atoms with Crippen LogP contribution in [0, 0.1) is 19.5 Å². The predicted octanol–water partition coefficient (Wildman–Crippen LogP) is 8.06. The van der Waals surface area contributed by atoms with E-state index >= 15 is 0 Å². The Bertz CT molecular complexity index is 1600. The van der Waals surface area contributed by atoms with E-state index in [-0.39, 0.29) is 27.8 Å². The minimum absolute atomic E-state index is 0.0166. The van der Waals surface area contributed by atoms with Gasteiger partial charge in [-0.25, -0.2) is 5.26 Å². The lowest BCUT2D eigenvalue weighted by Crippen LogP contribution is -1.93. The standard InChI is InChI=1S/C27H23N5O6S/c1-4-35-23-15-22(24(36-5-2)14-21(23)30-29-19-8-6-7-16(3)11-19)31-32-26-25(39-38-37-34)12-17-9-10-18(28)13-20(17)27(26)33/h2,6-15,33-34H,4,28H2,1,3H3. The van der Waals surface area contributed by atoms with Crippen molar-refractivity contribution in [3.05, 3.63) is 66.2 Å². The zero-order valence-electron chi connectivity index (χ0n) is 20.9. The molecule has 0 aliphatic heterocycles. The van der Waals surface area contributed by atoms with Crippen molar-refractivity contribution in [1.82, 2.24) is 0 Å². The van der Waals surface area contributed by atoms with Crippen LogP contribution in [0.5, 0.6) is 17.2 Å². The van der Waals surface area contributed by atoms with Crippen molar-refractivity contribution in [2.24, 2.45) is 20.5 Å². The average Bonchev–Trinajstić information content (AvgIpc) is 2.92. The number of phenols is 1. The highest BCUT2D eigenvalue weighted by Gasteiger charge is 2.17. The third-order valence-corrected chi connectivity index (χ3v) is 5.89. The molecule has 0 aliphatic carbocycles. The number of ether oxygens (including phenoxy) is 2. The average molecular weight is 546 g/mol. The fourth-order valence-corrected chi connectivity index (χ4v) is 4.08. The van der Waals surface area contributed by atoms with Crippen LogP contribution in [0.4, 0.5) is 28.4 Å². The first-order valence-corrected chi connectivity index (χ1v) is 12.2. The van der Waals surface area contributed by atoms with Gasteiger partial charge in [-0.1, -0.05) is 29.7 Å². The molecule has 0 unspecified atom stereocenters. The second kappa shape index (κ2) is 12.7. The van der Waals surface area contributed by atoms with Gasteiger partial charge in [-0.15, -0.1) is 19.7 Å². The number of hydrogen-bond donors (Lipinski definition) is 3. The van der Waals surface area contributed by atoms with Crippen molar-refractivity contribution >= 4 is 51.3 Å². The topological polar surface area (TPSA) is 153 Å². The first kappa shape index (κ1) is 27.4. The van der Waals surface area contributed by atoms with Gasteiger partial charge in [0.05, 0.1) is 29.2 Å². The Hall–Kier alpha value is -4.67. The Labute approximate surface area is 228 Å². The second-order valence-electron chi connectivity index (χ2n) is 7.96. The highest BCUT2D eigenvalue weighted by molar-refractivity contribution is 7.94. The summed E-state index contributed by atoms with van der Waals surface area (Å²) in [7, 11) is 0. The predicted molar refractivity (Wildman–Crippen MR) is 147 cm³/mol. The van der Waals surface area contributed by atoms with Crippen molar-refractivity contribution in [1.29, 1.82) is 0 Å². The highest BCUT2D eigenvalue weighted by Crippen LogP contribution is 2.46. The summed E-state index contributed by atoms with van der Waals surface area (Å²) in [5, 5.41) is 41.5. The fraction of sp³-hybridized carbons (Fsp3) is 0.111. The van der Waals surface area contributed by atoms with E-state index in [9.17, 15) is 5.11 Å². The molecule has 4 N–H and O–H groups in total. The molecule has 0 spiro atoms. The van der Waals surface area contributed by atoms with E-state index < -0.39 is 0 Å². The zero-order chi connectivity index (χ0) is 27.8. The molecule has 0 saturated heterocycles. The molecule has 0 aliphatic rings. The van der Waals surface area contributed by atoms with Gasteiger partial charge in [0.1, 0.15) is 28.9 Å². The molecule has 0 radical (unpaired) electrons. The molecule has 0 fully saturated rings. The molecule has 0 aromatic heterocycles. The van der Waals surface area contributed by atoms with E-state index in [0.29, 0.717) is 52.2 Å². The van der Waals surface area contributed by atoms with Crippen molar-refractivity contribution in [2.75, 3.05) is 12.3 Å². The molecule has 0 heterocycles. The number of benzene rings is 4. The van der Waals surface area contributed by atoms with Crippen molar-refractivity contribution < 1.29 is 29.2 Å². The lowest BCUT2D eigenvalue weighted by Gasteiger charge is -2.11. The molecule has 0 amide bonds. The van der Waals surface area contributed by atoms with E-state index in [4.69, 9.17) is 26.9 Å². The van der Waals surface area contributed by atoms with E-state index in [2.05, 4.69) is 35.9 Å². The number of phenolic OH excluding ortho intramolecular Hbond substituents is 1. The SMILES string of the molecule is C#COc1cc(N=Nc2cccc(C)c2)c(OCC)cc1N=Nc1c(SOOO)cc2ccc(N)cc2c1O. The number of nitrogens with two attached hydrogens (primary N) is 1. The number of fused-ring (bicyclic) bond motifs is 1. The van der Waals surface area contributed by atoms with Gasteiger partial charge in [0.15, 0.2) is 11.5 Å². The van der Waals surface area contributed by atoms with Crippen molar-refractivity contribution in [2.45, 2.75) is 18.7 Å². The smallest absolute Gasteiger partial charge is 0.170 e. The number of nitrogen functional groups attached to an aromatic ring is 1. The summed E-state index contributed by atoms with van der Waals surface area (Å²) in [6, 6.07) is 17.3. The van der Waals surface area contributed by atoms with Gasteiger partial charge in [-0.3, -0.25) is 0 Å². The Morgan fingerprint density at radius 3 is 2.49 bits per heavy atom. The Morgan fingerprint density at radius 1 is 0.974 bits per heavy atom. The molecule has 39 heavy (non-hydrogen) atoms. The molecule has 0 saturated carbocycles. The van der Waals surface area contributed by atoms with Crippen LogP contribution in [0.3, 0.4) is 0 Å². The maximum Gasteiger partial charge on any atom is 0.170 e. The number of azo groups is 2. The first-order chi connectivity index (χ1) is 18.9. The van der Waals surface area contributed by atoms with Crippen LogP contribution in [0.1, 0.15) is 12.5 Å². The Balaban J connectivity index is 1.80. The van der Waals surface area contributed by atoms with Gasteiger partial charge < -0.3 is 20.3 Å². The van der Waals surface area contributed by atoms with E-state index in [1.165, 1.54) is 6.07 Å². The van der Waals surface area contributed by atoms with Gasteiger partial charge in [0, 0.05) is 23.2 Å². The summed E-state index contributed by atoms with van der Waals surface area (Å²) in [5.41, 5.74) is 8.60. The number of rotatable bonds is 10. The maximum absolute atomic E-state index is 11.0. The Kier molecular flexibility index (Phi) is 8.93. The summed E-state index contributed by atoms with van der Waals surface area (Å²) in [4.78, 5) is 0.288. The molecular weight excluding hydrogens is 522 g/mol. The van der Waals surface area contributed by atoms with Crippen LogP contribution >= 0.6 is 12.0 Å². The summed E-state index contributed by atoms with van der Waals surface area (Å²) in [6.07, 6.45) is 7.52. The minimum Gasteiger partial charge on any atom is -0.505 e. The lowest BCUT2D eigenvalue weighted by molar-refractivity contribution is -0.432. The minimum atomic E-state index is -0.222. The molecule has 0 atom stereocenters. The van der Waals surface area contributed by atoms with Crippen LogP contribution in [-0.2, 0) is 9.37 Å². The second-order valence-corrected chi connectivity index (χ2v) is 8.70. The number of terminal acetylenes is 1. The molecule has 11 nitrogen and oxygen atoms in total. The summed E-state index contributed by atoms with van der Waals surface area (Å²) in [6.45, 7) is 4.11. The van der Waals surface area contributed by atoms with Gasteiger partial charge in [-0.2, -0.15) is 5.11 Å². The largest absolute Gasteiger partial charge is 0.505 e. The summed E-state index contributed by atoms with van der Waals surface area (Å²) in [5.74, 6) is 0.284. The zero-order valence-corrected chi connectivity index (χ0v) is 21.7. The number of anilines is 1. The van der Waals surface area contributed by atoms with Crippen LogP contribution in [0.2, 0.25) is 0 Å². The van der Waals surface area contributed by atoms with Gasteiger partial charge >= 0.3 is 0 Å². The lowest BCUT2D eigenvalue weighted by atomic mass is 10.1. The number of hydrogen-bond acceptors (Lipinski definition) is 12. The molecule has 0 bridgehead atoms. The van der Waals surface area contributed by atoms with Gasteiger partial charge in [0.2, 0.25) is 0 Å². The third-order valence-electron chi connectivity index (χ3n) is 5.27. The molecule has 12 heteroatoms. The van der Waals surface area contributed by atoms with Crippen molar-refractivity contribution in [3.8, 4) is 29.8 Å². The molecule has 4 aromatic carbocycles. The number of aryl methyl sites for hydroxylation is 1.